The number of nitrogen functional groups attached to an aromatic ring is 1. The molecule has 2 heterocycles. The van der Waals surface area contributed by atoms with Crippen LogP contribution in [-0.2, 0) is 26.2 Å². The van der Waals surface area contributed by atoms with E-state index in [4.69, 9.17) is 15.6 Å². The summed E-state index contributed by atoms with van der Waals surface area (Å²) in [6, 6.07) is 10.6. The van der Waals surface area contributed by atoms with Gasteiger partial charge < -0.3 is 25.6 Å². The molecular weight excluding hydrogens is 510 g/mol. The Kier molecular flexibility index (Phi) is 7.39. The first-order chi connectivity index (χ1) is 17.7. The van der Waals surface area contributed by atoms with Gasteiger partial charge in [0, 0.05) is 65.9 Å². The van der Waals surface area contributed by atoms with E-state index in [0.29, 0.717) is 48.7 Å². The first kappa shape index (κ1) is 27.4. The van der Waals surface area contributed by atoms with Crippen LogP contribution in [0.3, 0.4) is 0 Å². The highest BCUT2D eigenvalue weighted by Gasteiger charge is 2.43. The second-order valence-electron chi connectivity index (χ2n) is 10.9. The van der Waals surface area contributed by atoms with Gasteiger partial charge in [-0.2, -0.15) is 0 Å². The molecule has 0 radical (unpaired) electrons. The number of hydrogen-bond acceptors (Lipinski definition) is 7. The lowest BCUT2D eigenvalue weighted by Crippen LogP contribution is -2.36. The second-order valence-corrected chi connectivity index (χ2v) is 12.4. The van der Waals surface area contributed by atoms with E-state index in [1.807, 2.05) is 0 Å². The lowest BCUT2D eigenvalue weighted by atomic mass is 9.95. The van der Waals surface area contributed by atoms with Crippen LogP contribution < -0.4 is 16.2 Å². The summed E-state index contributed by atoms with van der Waals surface area (Å²) >= 11 is 0. The summed E-state index contributed by atoms with van der Waals surface area (Å²) in [6.07, 6.45) is -0.458. The number of sulfonamides is 1. The largest absolute Gasteiger partial charge is 0.444 e. The van der Waals surface area contributed by atoms with E-state index in [1.165, 1.54) is 24.3 Å². The third-order valence-corrected chi connectivity index (χ3v) is 7.81. The number of carbonyl (C=O) groups is 3. The summed E-state index contributed by atoms with van der Waals surface area (Å²) in [7, 11) is -3.83. The lowest BCUT2D eigenvalue weighted by molar-refractivity contribution is -0.123. The minimum atomic E-state index is -3.83. The number of nitrogens with two attached hydrogens (primary N) is 2. The molecule has 0 aliphatic carbocycles. The van der Waals surface area contributed by atoms with Gasteiger partial charge in [0.2, 0.25) is 15.9 Å². The summed E-state index contributed by atoms with van der Waals surface area (Å²) in [5.74, 6) is -0.133. The molecule has 0 spiro atoms. The number of nitrogens with zero attached hydrogens (tertiary/aromatic N) is 2. The molecule has 4 rings (SSSR count). The van der Waals surface area contributed by atoms with Crippen LogP contribution in [0.4, 0.5) is 16.2 Å². The Bertz CT molecular complexity index is 1340. The minimum absolute atomic E-state index is 0.0240. The smallest absolute Gasteiger partial charge is 0.410 e. The fourth-order valence-corrected chi connectivity index (χ4v) is 5.17. The van der Waals surface area contributed by atoms with E-state index in [0.717, 1.165) is 0 Å². The fourth-order valence-electron chi connectivity index (χ4n) is 4.65. The van der Waals surface area contributed by atoms with Crippen molar-refractivity contribution in [2.45, 2.75) is 32.3 Å². The Morgan fingerprint density at radius 3 is 2.11 bits per heavy atom. The van der Waals surface area contributed by atoms with Crippen LogP contribution in [0.1, 0.15) is 36.7 Å². The molecule has 3 amide bonds. The number of likely N-dealkylation sites (tertiary alicyclic amines) is 2. The highest BCUT2D eigenvalue weighted by molar-refractivity contribution is 7.89. The number of primary sulfonamides is 1. The average molecular weight is 544 g/mol. The maximum Gasteiger partial charge on any atom is 0.410 e. The number of rotatable bonds is 5. The predicted molar refractivity (Wildman–Crippen MR) is 141 cm³/mol. The minimum Gasteiger partial charge on any atom is -0.444 e. The Balaban J connectivity index is 1.32. The molecule has 5 N–H and O–H groups in total. The van der Waals surface area contributed by atoms with Crippen molar-refractivity contribution in [2.24, 2.45) is 22.4 Å². The molecule has 2 aromatic rings. The molecule has 2 aliphatic rings. The first-order valence-corrected chi connectivity index (χ1v) is 13.8. The zero-order valence-corrected chi connectivity index (χ0v) is 22.5. The number of hydrogen-bond donors (Lipinski definition) is 3. The van der Waals surface area contributed by atoms with Crippen molar-refractivity contribution >= 4 is 39.3 Å². The maximum atomic E-state index is 12.9. The molecule has 12 heteroatoms. The summed E-state index contributed by atoms with van der Waals surface area (Å²) in [6.45, 7) is 7.30. The standard InChI is InChI=1S/C26H33N5O6S/c1-26(2,3)24(33)29-22-10-20(27)7-4-17(22)15-37-25(34)31-13-18-11-30(12-19(18)14-31)23(32)16-5-8-21(9-6-16)38(28,35)36/h4-10,18-19H,11-15,27H2,1-3H3,(H,29,33)(H2,28,35,36)/t18-,19?/m0/s1. The fraction of sp³-hybridized carbons (Fsp3) is 0.423. The van der Waals surface area contributed by atoms with Crippen molar-refractivity contribution in [1.29, 1.82) is 0 Å². The van der Waals surface area contributed by atoms with E-state index in [1.54, 1.807) is 48.8 Å². The van der Waals surface area contributed by atoms with E-state index in [9.17, 15) is 22.8 Å². The first-order valence-electron chi connectivity index (χ1n) is 12.3. The normalized spacial score (nSPS) is 19.3. The summed E-state index contributed by atoms with van der Waals surface area (Å²) in [5, 5.41) is 7.98. The van der Waals surface area contributed by atoms with Gasteiger partial charge in [-0.05, 0) is 36.4 Å². The van der Waals surface area contributed by atoms with E-state index < -0.39 is 21.5 Å². The van der Waals surface area contributed by atoms with Crippen LogP contribution in [0.5, 0.6) is 0 Å². The highest BCUT2D eigenvalue weighted by atomic mass is 32.2. The van der Waals surface area contributed by atoms with Crippen LogP contribution in [0.2, 0.25) is 0 Å². The van der Waals surface area contributed by atoms with Crippen LogP contribution >= 0.6 is 0 Å². The van der Waals surface area contributed by atoms with Crippen molar-refractivity contribution in [3.63, 3.8) is 0 Å². The number of anilines is 2. The van der Waals surface area contributed by atoms with Gasteiger partial charge in [0.25, 0.3) is 5.91 Å². The van der Waals surface area contributed by atoms with Crippen LogP contribution in [0.15, 0.2) is 47.4 Å². The van der Waals surface area contributed by atoms with Crippen molar-refractivity contribution in [2.75, 3.05) is 37.2 Å². The number of fused-ring (bicyclic) bond motifs is 1. The van der Waals surface area contributed by atoms with Gasteiger partial charge in [0.15, 0.2) is 0 Å². The van der Waals surface area contributed by atoms with Gasteiger partial charge in [-0.25, -0.2) is 18.4 Å². The number of benzene rings is 2. The van der Waals surface area contributed by atoms with Crippen molar-refractivity contribution in [3.05, 3.63) is 53.6 Å². The van der Waals surface area contributed by atoms with Crippen molar-refractivity contribution in [1.82, 2.24) is 9.80 Å². The van der Waals surface area contributed by atoms with Crippen molar-refractivity contribution in [3.8, 4) is 0 Å². The number of ether oxygens (including phenoxy) is 1. The van der Waals surface area contributed by atoms with E-state index in [-0.39, 0.29) is 35.2 Å². The molecule has 38 heavy (non-hydrogen) atoms. The predicted octanol–water partition coefficient (Wildman–Crippen LogP) is 2.24. The Hall–Kier alpha value is -3.64. The summed E-state index contributed by atoms with van der Waals surface area (Å²) in [4.78, 5) is 41.5. The third kappa shape index (κ3) is 6.08. The molecule has 2 aromatic carbocycles. The van der Waals surface area contributed by atoms with Crippen LogP contribution in [0, 0.1) is 17.3 Å². The summed E-state index contributed by atoms with van der Waals surface area (Å²) < 4.78 is 28.4. The zero-order chi connectivity index (χ0) is 27.8. The molecule has 0 saturated carbocycles. The van der Waals surface area contributed by atoms with Crippen LogP contribution in [0.25, 0.3) is 0 Å². The van der Waals surface area contributed by atoms with Gasteiger partial charge in [0.1, 0.15) is 6.61 Å². The quantitative estimate of drug-likeness (QED) is 0.487. The molecular formula is C26H33N5O6S. The van der Waals surface area contributed by atoms with Crippen molar-refractivity contribution < 1.29 is 27.5 Å². The molecule has 2 saturated heterocycles. The molecule has 0 aromatic heterocycles. The molecule has 11 nitrogen and oxygen atoms in total. The second kappa shape index (κ2) is 10.3. The number of nitrogens with one attached hydrogen (secondary N) is 1. The Labute approximate surface area is 222 Å². The number of amides is 3. The number of carbonyl (C=O) groups excluding carboxylic acids is 3. The van der Waals surface area contributed by atoms with Gasteiger partial charge in [0.05, 0.1) is 4.90 Å². The maximum absolute atomic E-state index is 12.9. The van der Waals surface area contributed by atoms with E-state index >= 15 is 0 Å². The average Bonchev–Trinajstić information content (AvgIpc) is 3.41. The van der Waals surface area contributed by atoms with Gasteiger partial charge in [-0.15, -0.1) is 0 Å². The molecule has 2 fully saturated rings. The Morgan fingerprint density at radius 2 is 1.55 bits per heavy atom. The monoisotopic (exact) mass is 543 g/mol. The topological polar surface area (TPSA) is 165 Å². The Morgan fingerprint density at radius 1 is 0.974 bits per heavy atom. The molecule has 2 atom stereocenters. The van der Waals surface area contributed by atoms with Gasteiger partial charge in [-0.1, -0.05) is 26.8 Å². The molecule has 1 unspecified atom stereocenters. The highest BCUT2D eigenvalue weighted by Crippen LogP contribution is 2.33. The van der Waals surface area contributed by atoms with Gasteiger partial charge >= 0.3 is 6.09 Å². The summed E-state index contributed by atoms with van der Waals surface area (Å²) in [5.41, 5.74) is 7.29. The zero-order valence-electron chi connectivity index (χ0n) is 21.6. The van der Waals surface area contributed by atoms with E-state index in [2.05, 4.69) is 5.32 Å². The SMILES string of the molecule is CC(C)(C)C(=O)Nc1cc(N)ccc1COC(=O)N1CC2CN(C(=O)c3ccc(S(N)(=O)=O)cc3)C[C@H]2C1. The molecule has 2 aliphatic heterocycles. The molecule has 0 bridgehead atoms. The van der Waals surface area contributed by atoms with Crippen LogP contribution in [-0.4, -0.2) is 62.3 Å². The van der Waals surface area contributed by atoms with Gasteiger partial charge in [-0.3, -0.25) is 9.59 Å². The molecule has 204 valence electrons. The third-order valence-electron chi connectivity index (χ3n) is 6.88. The lowest BCUT2D eigenvalue weighted by Gasteiger charge is -2.22.